The largest absolute Gasteiger partial charge is 0.472 e. The molecule has 3 unspecified atom stereocenters. The molecule has 0 aliphatic rings. The number of quaternary nitrogens is 1. The van der Waals surface area contributed by atoms with Gasteiger partial charge in [-0.25, -0.2) is 4.57 Å². The van der Waals surface area contributed by atoms with Crippen LogP contribution < -0.4 is 5.32 Å². The zero-order chi connectivity index (χ0) is 55.7. The first-order chi connectivity index (χ1) is 36.9. The second-order valence-electron chi connectivity index (χ2n) is 21.5. The number of amides is 1. The number of carbonyl (C=O) groups is 2. The van der Waals surface area contributed by atoms with Crippen LogP contribution in [0.1, 0.15) is 245 Å². The van der Waals surface area contributed by atoms with Crippen LogP contribution in [-0.2, 0) is 27.9 Å². The van der Waals surface area contributed by atoms with Crippen LogP contribution in [0.4, 0.5) is 0 Å². The standard InChI is InChI=1S/C66H115N2O7P/c1-7-10-13-16-19-22-25-28-29-30-31-32-33-34-35-36-37-38-39-41-44-47-50-53-56-59-66(70)75-64(57-54-51-48-45-42-27-24-21-18-15-12-9-3)63(62-74-76(71,72)73-61-60-68(4,5)6)67-65(69)58-55-52-49-46-43-40-26-23-20-17-14-11-8-2/h10,13,19,22,28-29,31-32,34-35,37-38,40,43,49,52,54,57,63-64H,7-9,11-12,14-18,20-21,23-27,30,33,36,39,41-42,44-48,50-51,53,55-56,58-62H2,1-6H3,(H-,67,69,71,72)/p+1/b13-10-,22-19-,29-28-,32-31-,35-34-,38-37-,43-40-,52-49+,57-54-. The Bertz CT molecular complexity index is 1670. The van der Waals surface area contributed by atoms with Gasteiger partial charge in [0.1, 0.15) is 19.3 Å². The van der Waals surface area contributed by atoms with Crippen molar-refractivity contribution in [3.8, 4) is 0 Å². The van der Waals surface area contributed by atoms with E-state index in [2.05, 4.69) is 117 Å². The molecular formula is C66H116N2O7P+. The van der Waals surface area contributed by atoms with E-state index in [-0.39, 0.29) is 37.9 Å². The van der Waals surface area contributed by atoms with E-state index in [4.69, 9.17) is 13.8 Å². The lowest BCUT2D eigenvalue weighted by atomic mass is 10.1. The van der Waals surface area contributed by atoms with Crippen molar-refractivity contribution in [2.75, 3.05) is 40.9 Å². The highest BCUT2D eigenvalue weighted by Crippen LogP contribution is 2.43. The van der Waals surface area contributed by atoms with Crippen LogP contribution >= 0.6 is 7.82 Å². The van der Waals surface area contributed by atoms with Crippen LogP contribution in [0.2, 0.25) is 0 Å². The molecule has 9 nitrogen and oxygen atoms in total. The molecule has 0 spiro atoms. The van der Waals surface area contributed by atoms with Gasteiger partial charge in [0.25, 0.3) is 0 Å². The number of ether oxygens (including phenoxy) is 1. The van der Waals surface area contributed by atoms with Crippen molar-refractivity contribution in [1.29, 1.82) is 0 Å². The van der Waals surface area contributed by atoms with Gasteiger partial charge < -0.3 is 19.4 Å². The Morgan fingerprint density at radius 3 is 1.29 bits per heavy atom. The number of likely N-dealkylation sites (N-methyl/N-ethyl adjacent to an activating group) is 1. The molecule has 436 valence electrons. The number of rotatable bonds is 54. The number of phosphoric acid groups is 1. The summed E-state index contributed by atoms with van der Waals surface area (Å²) in [6.45, 7) is 6.82. The summed E-state index contributed by atoms with van der Waals surface area (Å²) >= 11 is 0. The highest BCUT2D eigenvalue weighted by molar-refractivity contribution is 7.47. The number of esters is 1. The quantitative estimate of drug-likeness (QED) is 0.0205. The number of nitrogens with zero attached hydrogens (tertiary/aromatic N) is 1. The number of hydrogen-bond acceptors (Lipinski definition) is 6. The van der Waals surface area contributed by atoms with Crippen LogP contribution in [0.15, 0.2) is 109 Å². The predicted molar refractivity (Wildman–Crippen MR) is 327 cm³/mol. The van der Waals surface area contributed by atoms with E-state index in [1.807, 2.05) is 39.4 Å². The third-order valence-electron chi connectivity index (χ3n) is 13.0. The third-order valence-corrected chi connectivity index (χ3v) is 13.9. The van der Waals surface area contributed by atoms with Gasteiger partial charge in [-0.3, -0.25) is 18.6 Å². The van der Waals surface area contributed by atoms with Gasteiger partial charge in [0.2, 0.25) is 5.91 Å². The van der Waals surface area contributed by atoms with Crippen molar-refractivity contribution in [1.82, 2.24) is 5.32 Å². The molecule has 1 amide bonds. The monoisotopic (exact) mass is 1080 g/mol. The second-order valence-corrected chi connectivity index (χ2v) is 22.9. The summed E-state index contributed by atoms with van der Waals surface area (Å²) in [5.74, 6) is -0.607. The van der Waals surface area contributed by atoms with Gasteiger partial charge in [0.05, 0.1) is 33.8 Å². The summed E-state index contributed by atoms with van der Waals surface area (Å²) in [5.41, 5.74) is 0. The summed E-state index contributed by atoms with van der Waals surface area (Å²) in [5, 5.41) is 3.00. The highest BCUT2D eigenvalue weighted by atomic mass is 31.2. The average Bonchev–Trinajstić information content (AvgIpc) is 3.38. The molecule has 0 aliphatic heterocycles. The Hall–Kier alpha value is -3.33. The van der Waals surface area contributed by atoms with Crippen LogP contribution in [0.5, 0.6) is 0 Å². The molecule has 0 heterocycles. The Morgan fingerprint density at radius 2 is 0.855 bits per heavy atom. The molecule has 0 aromatic heterocycles. The summed E-state index contributed by atoms with van der Waals surface area (Å²) < 4.78 is 30.6. The molecule has 0 saturated carbocycles. The lowest BCUT2D eigenvalue weighted by molar-refractivity contribution is -0.870. The number of carbonyl (C=O) groups excluding carboxylic acids is 2. The number of phosphoric ester groups is 1. The van der Waals surface area contributed by atoms with Crippen molar-refractivity contribution in [2.24, 2.45) is 0 Å². The normalized spacial score (nSPS) is 14.5. The van der Waals surface area contributed by atoms with Crippen molar-refractivity contribution < 1.29 is 37.3 Å². The van der Waals surface area contributed by atoms with E-state index in [1.54, 1.807) is 0 Å². The fourth-order valence-corrected chi connectivity index (χ4v) is 8.96. The molecule has 10 heteroatoms. The van der Waals surface area contributed by atoms with Crippen molar-refractivity contribution in [2.45, 2.75) is 258 Å². The van der Waals surface area contributed by atoms with E-state index in [9.17, 15) is 19.0 Å². The van der Waals surface area contributed by atoms with Crippen molar-refractivity contribution >= 4 is 19.7 Å². The minimum Gasteiger partial charge on any atom is -0.456 e. The molecule has 0 saturated heterocycles. The fourth-order valence-electron chi connectivity index (χ4n) is 8.23. The highest BCUT2D eigenvalue weighted by Gasteiger charge is 2.30. The molecule has 76 heavy (non-hydrogen) atoms. The zero-order valence-electron chi connectivity index (χ0n) is 49.7. The van der Waals surface area contributed by atoms with Gasteiger partial charge in [-0.05, 0) is 102 Å². The van der Waals surface area contributed by atoms with Gasteiger partial charge in [-0.2, -0.15) is 0 Å². The molecule has 0 fully saturated rings. The van der Waals surface area contributed by atoms with Crippen LogP contribution in [0, 0.1) is 0 Å². The number of nitrogens with one attached hydrogen (secondary N) is 1. The number of unbranched alkanes of at least 4 members (excludes halogenated alkanes) is 22. The summed E-state index contributed by atoms with van der Waals surface area (Å²) in [6, 6.07) is -0.891. The Balaban J connectivity index is 5.27. The van der Waals surface area contributed by atoms with Crippen LogP contribution in [0.25, 0.3) is 0 Å². The molecule has 0 radical (unpaired) electrons. The number of hydrogen-bond donors (Lipinski definition) is 2. The summed E-state index contributed by atoms with van der Waals surface area (Å²) in [7, 11) is 1.44. The zero-order valence-corrected chi connectivity index (χ0v) is 50.6. The van der Waals surface area contributed by atoms with Gasteiger partial charge in [-0.1, -0.05) is 240 Å². The molecule has 0 bridgehead atoms. The average molecular weight is 1080 g/mol. The summed E-state index contributed by atoms with van der Waals surface area (Å²) in [4.78, 5) is 37.6. The van der Waals surface area contributed by atoms with Gasteiger partial charge in [-0.15, -0.1) is 0 Å². The first-order valence-electron chi connectivity index (χ1n) is 30.7. The third kappa shape index (κ3) is 55.4. The van der Waals surface area contributed by atoms with E-state index >= 15 is 0 Å². The van der Waals surface area contributed by atoms with Gasteiger partial charge >= 0.3 is 13.8 Å². The predicted octanol–water partition coefficient (Wildman–Crippen LogP) is 18.9. The maximum Gasteiger partial charge on any atom is 0.472 e. The molecule has 0 aliphatic carbocycles. The second kappa shape index (κ2) is 55.0. The van der Waals surface area contributed by atoms with Crippen LogP contribution in [-0.4, -0.2) is 74.3 Å². The lowest BCUT2D eigenvalue weighted by Crippen LogP contribution is -2.47. The first kappa shape index (κ1) is 72.7. The molecule has 0 aromatic rings. The summed E-state index contributed by atoms with van der Waals surface area (Å²) in [6.07, 6.45) is 75.3. The maximum absolute atomic E-state index is 13.5. The maximum atomic E-state index is 13.5. The molecule has 0 aromatic carbocycles. The van der Waals surface area contributed by atoms with Gasteiger partial charge in [0, 0.05) is 12.8 Å². The van der Waals surface area contributed by atoms with E-state index in [0.717, 1.165) is 109 Å². The fraction of sp³-hybridized carbons (Fsp3) is 0.697. The topological polar surface area (TPSA) is 111 Å². The van der Waals surface area contributed by atoms with Crippen molar-refractivity contribution in [3.63, 3.8) is 0 Å². The lowest BCUT2D eigenvalue weighted by Gasteiger charge is -2.27. The minimum atomic E-state index is -4.47. The van der Waals surface area contributed by atoms with E-state index in [1.165, 1.54) is 89.9 Å². The van der Waals surface area contributed by atoms with E-state index in [0.29, 0.717) is 23.9 Å². The molecule has 0 rings (SSSR count). The minimum absolute atomic E-state index is 0.0233. The Kier molecular flexibility index (Phi) is 52.6. The smallest absolute Gasteiger partial charge is 0.456 e. The van der Waals surface area contributed by atoms with E-state index < -0.39 is 20.0 Å². The first-order valence-corrected chi connectivity index (χ1v) is 32.2. The Labute approximate surface area is 468 Å². The van der Waals surface area contributed by atoms with Crippen molar-refractivity contribution in [3.05, 3.63) is 109 Å². The van der Waals surface area contributed by atoms with Crippen LogP contribution in [0.3, 0.4) is 0 Å². The molecule has 3 atom stereocenters. The van der Waals surface area contributed by atoms with Gasteiger partial charge in [0.15, 0.2) is 0 Å². The molecule has 2 N–H and O–H groups in total. The number of allylic oxidation sites excluding steroid dienone is 17. The molecular weight excluding hydrogens is 964 g/mol. The Morgan fingerprint density at radius 1 is 0.474 bits per heavy atom. The SMILES string of the molecule is CC/C=C\C/C=C\C/C=C\C/C=C\C/C=C\C/C=C\CCCCCCCCC(=O)OC(/C=C\CCCCCCCCCCCC)C(COP(=O)(O)OCC[N+](C)(C)C)NC(=O)CC/C=C/C/C=C\CCCCCCCC.